The molecule has 0 amide bonds. The highest BCUT2D eigenvalue weighted by atomic mass is 16.5. The smallest absolute Gasteiger partial charge is 0.127 e. The van der Waals surface area contributed by atoms with Gasteiger partial charge < -0.3 is 4.74 Å². The number of hydrogen-bond donors (Lipinski definition) is 0. The van der Waals surface area contributed by atoms with E-state index in [1.807, 2.05) is 18.2 Å². The van der Waals surface area contributed by atoms with Crippen LogP contribution in [0.2, 0.25) is 0 Å². The third kappa shape index (κ3) is 1.11. The van der Waals surface area contributed by atoms with Crippen LogP contribution in [0.5, 0.6) is 5.75 Å². The van der Waals surface area contributed by atoms with Crippen molar-refractivity contribution in [3.63, 3.8) is 0 Å². The largest absolute Gasteiger partial charge is 0.486 e. The number of fused-ring (bicyclic) bond motifs is 1. The molecule has 62 valence electrons. The Balaban J connectivity index is 2.53. The zero-order valence-corrected chi connectivity index (χ0v) is 7.37. The fourth-order valence-corrected chi connectivity index (χ4v) is 1.57. The van der Waals surface area contributed by atoms with Gasteiger partial charge in [-0.2, -0.15) is 0 Å². The summed E-state index contributed by atoms with van der Waals surface area (Å²) in [6.07, 6.45) is 2.35. The quantitative estimate of drug-likeness (QED) is 0.567. The van der Waals surface area contributed by atoms with Crippen LogP contribution in [0, 0.1) is 0 Å². The molecule has 1 aromatic carbocycles. The summed E-state index contributed by atoms with van der Waals surface area (Å²) in [6, 6.07) is 8.15. The van der Waals surface area contributed by atoms with E-state index in [1.165, 1.54) is 11.1 Å². The van der Waals surface area contributed by atoms with Crippen LogP contribution in [0.25, 0.3) is 5.57 Å². The minimum Gasteiger partial charge on any atom is -0.486 e. The van der Waals surface area contributed by atoms with Gasteiger partial charge in [-0.3, -0.25) is 0 Å². The molecule has 0 saturated heterocycles. The first-order valence-electron chi connectivity index (χ1n) is 4.22. The highest BCUT2D eigenvalue weighted by Gasteiger charge is 2.13. The SMILES string of the molecule is CC1=C[C@H](C)Oc2ccccc21. The molecule has 1 aliphatic heterocycles. The Bertz CT molecular complexity index is 326. The van der Waals surface area contributed by atoms with Gasteiger partial charge in [0.2, 0.25) is 0 Å². The summed E-state index contributed by atoms with van der Waals surface area (Å²) in [5.74, 6) is 1.00. The van der Waals surface area contributed by atoms with Gasteiger partial charge in [0.25, 0.3) is 0 Å². The summed E-state index contributed by atoms with van der Waals surface area (Å²) in [6.45, 7) is 4.18. The molecule has 1 aromatic rings. The Kier molecular flexibility index (Phi) is 1.65. The van der Waals surface area contributed by atoms with Gasteiger partial charge >= 0.3 is 0 Å². The van der Waals surface area contributed by atoms with Crippen molar-refractivity contribution in [2.24, 2.45) is 0 Å². The summed E-state index contributed by atoms with van der Waals surface area (Å²) in [4.78, 5) is 0. The van der Waals surface area contributed by atoms with Gasteiger partial charge in [0.1, 0.15) is 11.9 Å². The second kappa shape index (κ2) is 2.67. The molecule has 1 atom stereocenters. The standard InChI is InChI=1S/C11H12O/c1-8-7-9(2)12-11-6-4-3-5-10(8)11/h3-7,9H,1-2H3/t9-/m0/s1. The number of benzene rings is 1. The minimum atomic E-state index is 0.208. The molecule has 0 N–H and O–H groups in total. The minimum absolute atomic E-state index is 0.208. The van der Waals surface area contributed by atoms with Crippen molar-refractivity contribution in [2.45, 2.75) is 20.0 Å². The van der Waals surface area contributed by atoms with Crippen LogP contribution in [0.3, 0.4) is 0 Å². The first-order valence-corrected chi connectivity index (χ1v) is 4.22. The molecule has 1 aliphatic rings. The fourth-order valence-electron chi connectivity index (χ4n) is 1.57. The number of allylic oxidation sites excluding steroid dienone is 1. The van der Waals surface area contributed by atoms with E-state index >= 15 is 0 Å². The molecule has 0 unspecified atom stereocenters. The van der Waals surface area contributed by atoms with Crippen LogP contribution in [-0.2, 0) is 0 Å². The van der Waals surface area contributed by atoms with Crippen LogP contribution in [0.4, 0.5) is 0 Å². The van der Waals surface area contributed by atoms with Crippen molar-refractivity contribution in [3.8, 4) is 5.75 Å². The topological polar surface area (TPSA) is 9.23 Å². The first kappa shape index (κ1) is 7.41. The normalized spacial score (nSPS) is 20.8. The van der Waals surface area contributed by atoms with Gasteiger partial charge in [-0.05, 0) is 31.6 Å². The molecular formula is C11H12O. The molecule has 1 nitrogen and oxygen atoms in total. The summed E-state index contributed by atoms with van der Waals surface area (Å²) >= 11 is 0. The monoisotopic (exact) mass is 160 g/mol. The van der Waals surface area contributed by atoms with E-state index in [9.17, 15) is 0 Å². The lowest BCUT2D eigenvalue weighted by molar-refractivity contribution is 0.265. The lowest BCUT2D eigenvalue weighted by Gasteiger charge is -2.21. The summed E-state index contributed by atoms with van der Waals surface area (Å²) in [5, 5.41) is 0. The van der Waals surface area contributed by atoms with Crippen molar-refractivity contribution in [2.75, 3.05) is 0 Å². The predicted molar refractivity (Wildman–Crippen MR) is 50.2 cm³/mol. The number of para-hydroxylation sites is 1. The van der Waals surface area contributed by atoms with Crippen molar-refractivity contribution in [1.29, 1.82) is 0 Å². The highest BCUT2D eigenvalue weighted by Crippen LogP contribution is 2.30. The first-order chi connectivity index (χ1) is 5.77. The molecule has 0 spiro atoms. The molecule has 0 saturated carbocycles. The number of hydrogen-bond acceptors (Lipinski definition) is 1. The van der Waals surface area contributed by atoms with Gasteiger partial charge in [0, 0.05) is 5.56 Å². The molecule has 12 heavy (non-hydrogen) atoms. The number of rotatable bonds is 0. The predicted octanol–water partition coefficient (Wildman–Crippen LogP) is 2.87. The Morgan fingerprint density at radius 3 is 2.83 bits per heavy atom. The van der Waals surface area contributed by atoms with Crippen LogP contribution < -0.4 is 4.74 Å². The van der Waals surface area contributed by atoms with E-state index < -0.39 is 0 Å². The molecule has 0 aliphatic carbocycles. The second-order valence-electron chi connectivity index (χ2n) is 3.17. The third-order valence-electron chi connectivity index (χ3n) is 2.11. The van der Waals surface area contributed by atoms with E-state index in [4.69, 9.17) is 4.74 Å². The lowest BCUT2D eigenvalue weighted by atomic mass is 10.0. The molecule has 1 heteroatoms. The van der Waals surface area contributed by atoms with Crippen LogP contribution in [0.15, 0.2) is 30.3 Å². The van der Waals surface area contributed by atoms with Crippen molar-refractivity contribution < 1.29 is 4.74 Å². The molecular weight excluding hydrogens is 148 g/mol. The Morgan fingerprint density at radius 2 is 2.00 bits per heavy atom. The highest BCUT2D eigenvalue weighted by molar-refractivity contribution is 5.70. The van der Waals surface area contributed by atoms with Crippen molar-refractivity contribution in [1.82, 2.24) is 0 Å². The van der Waals surface area contributed by atoms with Crippen LogP contribution in [-0.4, -0.2) is 6.10 Å². The van der Waals surface area contributed by atoms with Crippen molar-refractivity contribution in [3.05, 3.63) is 35.9 Å². The van der Waals surface area contributed by atoms with E-state index in [-0.39, 0.29) is 6.10 Å². The zero-order chi connectivity index (χ0) is 8.55. The molecule has 0 aromatic heterocycles. The summed E-state index contributed by atoms with van der Waals surface area (Å²) in [5.41, 5.74) is 2.53. The maximum Gasteiger partial charge on any atom is 0.127 e. The average molecular weight is 160 g/mol. The van der Waals surface area contributed by atoms with Crippen molar-refractivity contribution >= 4 is 5.57 Å². The maximum absolute atomic E-state index is 5.63. The third-order valence-corrected chi connectivity index (χ3v) is 2.11. The van der Waals surface area contributed by atoms with E-state index in [1.54, 1.807) is 0 Å². The molecule has 1 heterocycles. The molecule has 0 fully saturated rings. The van der Waals surface area contributed by atoms with Gasteiger partial charge in [-0.1, -0.05) is 18.2 Å². The van der Waals surface area contributed by atoms with Gasteiger partial charge in [-0.15, -0.1) is 0 Å². The van der Waals surface area contributed by atoms with E-state index in [0.29, 0.717) is 0 Å². The lowest BCUT2D eigenvalue weighted by Crippen LogP contribution is -2.13. The fraction of sp³-hybridized carbons (Fsp3) is 0.273. The Morgan fingerprint density at radius 1 is 1.25 bits per heavy atom. The van der Waals surface area contributed by atoms with E-state index in [2.05, 4.69) is 26.0 Å². The molecule has 0 bridgehead atoms. The zero-order valence-electron chi connectivity index (χ0n) is 7.37. The maximum atomic E-state index is 5.63. The van der Waals surface area contributed by atoms with E-state index in [0.717, 1.165) is 5.75 Å². The molecule has 0 radical (unpaired) electrons. The average Bonchev–Trinajstić information content (AvgIpc) is 2.04. The summed E-state index contributed by atoms with van der Waals surface area (Å²) in [7, 11) is 0. The Hall–Kier alpha value is -1.24. The Labute approximate surface area is 72.7 Å². The number of ether oxygens (including phenoxy) is 1. The second-order valence-corrected chi connectivity index (χ2v) is 3.17. The van der Waals surface area contributed by atoms with Gasteiger partial charge in [0.15, 0.2) is 0 Å². The van der Waals surface area contributed by atoms with Gasteiger partial charge in [0.05, 0.1) is 0 Å². The molecule has 2 rings (SSSR count). The van der Waals surface area contributed by atoms with Crippen LogP contribution >= 0.6 is 0 Å². The van der Waals surface area contributed by atoms with Gasteiger partial charge in [-0.25, -0.2) is 0 Å². The summed E-state index contributed by atoms with van der Waals surface area (Å²) < 4.78 is 5.63. The van der Waals surface area contributed by atoms with Crippen LogP contribution in [0.1, 0.15) is 19.4 Å².